The van der Waals surface area contributed by atoms with E-state index in [-0.39, 0.29) is 0 Å². The van der Waals surface area contributed by atoms with Crippen molar-refractivity contribution >= 4 is 51.0 Å². The van der Waals surface area contributed by atoms with Gasteiger partial charge in [-0.05, 0) is 40.4 Å². The molecule has 0 aliphatic heterocycles. The van der Waals surface area contributed by atoms with E-state index in [0.29, 0.717) is 21.4 Å². The number of rotatable bonds is 2. The molecule has 0 atom stereocenters. The number of aldehydes is 1. The quantitative estimate of drug-likeness (QED) is 0.485. The number of carbonyl (C=O) groups excluding carboxylic acids is 1. The number of fused-ring (bicyclic) bond motifs is 3. The van der Waals surface area contributed by atoms with Gasteiger partial charge in [0.15, 0.2) is 6.29 Å². The monoisotopic (exact) mass is 304 g/mol. The van der Waals surface area contributed by atoms with Crippen LogP contribution in [0.4, 0.5) is 0 Å². The zero-order chi connectivity index (χ0) is 14.3. The van der Waals surface area contributed by atoms with E-state index in [1.54, 1.807) is 25.3 Å². The third-order valence-electron chi connectivity index (χ3n) is 3.35. The Morgan fingerprint density at radius 2 is 1.45 bits per heavy atom. The molecule has 0 bridgehead atoms. The summed E-state index contributed by atoms with van der Waals surface area (Å²) >= 11 is 12.1. The lowest BCUT2D eigenvalue weighted by Crippen LogP contribution is -1.94. The zero-order valence-electron chi connectivity index (χ0n) is 10.6. The van der Waals surface area contributed by atoms with Crippen LogP contribution in [0, 0.1) is 0 Å². The Bertz CT molecular complexity index is 841. The van der Waals surface area contributed by atoms with Crippen molar-refractivity contribution in [3.8, 4) is 5.75 Å². The molecule has 0 saturated carbocycles. The highest BCUT2D eigenvalue weighted by molar-refractivity contribution is 6.33. The van der Waals surface area contributed by atoms with Crippen molar-refractivity contribution in [1.82, 2.24) is 0 Å². The molecule has 0 radical (unpaired) electrons. The number of hydrogen-bond acceptors (Lipinski definition) is 2. The topological polar surface area (TPSA) is 26.3 Å². The molecule has 0 heterocycles. The molecule has 0 unspecified atom stereocenters. The van der Waals surface area contributed by atoms with Crippen molar-refractivity contribution in [2.24, 2.45) is 0 Å². The van der Waals surface area contributed by atoms with Crippen molar-refractivity contribution in [1.29, 1.82) is 0 Å². The molecule has 0 aliphatic rings. The van der Waals surface area contributed by atoms with Crippen molar-refractivity contribution < 1.29 is 9.53 Å². The van der Waals surface area contributed by atoms with E-state index in [1.807, 2.05) is 18.2 Å². The molecule has 0 saturated heterocycles. The van der Waals surface area contributed by atoms with Gasteiger partial charge in [-0.25, -0.2) is 0 Å². The summed E-state index contributed by atoms with van der Waals surface area (Å²) in [6, 6.07) is 11.0. The number of halogens is 2. The molecule has 0 N–H and O–H groups in total. The third kappa shape index (κ3) is 1.92. The number of hydrogen-bond donors (Lipinski definition) is 0. The predicted molar refractivity (Wildman–Crippen MR) is 83.4 cm³/mol. The molecular weight excluding hydrogens is 295 g/mol. The SMILES string of the molecule is COc1c(C=O)c2cc(Cl)ccc2c2ccc(Cl)cc12. The number of benzene rings is 3. The predicted octanol–water partition coefficient (Wildman–Crippen LogP) is 5.12. The maximum Gasteiger partial charge on any atom is 0.154 e. The number of methoxy groups -OCH3 is 1. The van der Waals surface area contributed by atoms with Gasteiger partial charge in [0.05, 0.1) is 12.7 Å². The molecule has 4 heteroatoms. The molecule has 2 nitrogen and oxygen atoms in total. The summed E-state index contributed by atoms with van der Waals surface area (Å²) in [5.74, 6) is 0.521. The second kappa shape index (κ2) is 4.97. The van der Waals surface area contributed by atoms with Crippen LogP contribution in [0.1, 0.15) is 10.4 Å². The van der Waals surface area contributed by atoms with Gasteiger partial charge in [-0.3, -0.25) is 4.79 Å². The van der Waals surface area contributed by atoms with E-state index in [2.05, 4.69) is 0 Å². The summed E-state index contributed by atoms with van der Waals surface area (Å²) < 4.78 is 5.42. The average molecular weight is 305 g/mol. The molecule has 0 amide bonds. The lowest BCUT2D eigenvalue weighted by Gasteiger charge is -2.13. The minimum absolute atomic E-state index is 0.486. The van der Waals surface area contributed by atoms with Gasteiger partial charge in [-0.15, -0.1) is 0 Å². The Morgan fingerprint density at radius 3 is 2.00 bits per heavy atom. The van der Waals surface area contributed by atoms with Crippen LogP contribution in [-0.4, -0.2) is 13.4 Å². The summed E-state index contributed by atoms with van der Waals surface area (Å²) in [6.45, 7) is 0. The van der Waals surface area contributed by atoms with Gasteiger partial charge in [0.1, 0.15) is 5.75 Å². The fourth-order valence-electron chi connectivity index (χ4n) is 2.52. The minimum atomic E-state index is 0.486. The minimum Gasteiger partial charge on any atom is -0.495 e. The molecular formula is C16H10Cl2O2. The fourth-order valence-corrected chi connectivity index (χ4v) is 2.86. The van der Waals surface area contributed by atoms with Crippen molar-refractivity contribution in [2.75, 3.05) is 7.11 Å². The average Bonchev–Trinajstić information content (AvgIpc) is 2.45. The molecule has 0 fully saturated rings. The van der Waals surface area contributed by atoms with Gasteiger partial charge in [-0.1, -0.05) is 35.3 Å². The number of ether oxygens (including phenoxy) is 1. The summed E-state index contributed by atoms with van der Waals surface area (Å²) in [5, 5.41) is 4.69. The van der Waals surface area contributed by atoms with E-state index < -0.39 is 0 Å². The van der Waals surface area contributed by atoms with Crippen LogP contribution in [0.2, 0.25) is 10.0 Å². The van der Waals surface area contributed by atoms with Crippen molar-refractivity contribution in [3.05, 3.63) is 52.0 Å². The van der Waals surface area contributed by atoms with E-state index in [4.69, 9.17) is 27.9 Å². The molecule has 3 aromatic carbocycles. The van der Waals surface area contributed by atoms with Crippen LogP contribution in [0.3, 0.4) is 0 Å². The van der Waals surface area contributed by atoms with Crippen LogP contribution in [0.5, 0.6) is 5.75 Å². The standard InChI is InChI=1S/C16H10Cl2O2/c1-20-16-14-7-10(18)3-5-12(14)11-4-2-9(17)6-13(11)15(16)8-19/h2-8H,1H3. The highest BCUT2D eigenvalue weighted by Crippen LogP contribution is 2.39. The van der Waals surface area contributed by atoms with Crippen LogP contribution in [0.25, 0.3) is 21.5 Å². The maximum atomic E-state index is 11.5. The summed E-state index contributed by atoms with van der Waals surface area (Å²) in [6.07, 6.45) is 0.790. The smallest absolute Gasteiger partial charge is 0.154 e. The Balaban J connectivity index is 2.63. The fraction of sp³-hybridized carbons (Fsp3) is 0.0625. The molecule has 20 heavy (non-hydrogen) atoms. The Hall–Kier alpha value is -1.77. The van der Waals surface area contributed by atoms with Gasteiger partial charge in [0.25, 0.3) is 0 Å². The second-order valence-electron chi connectivity index (χ2n) is 4.44. The molecule has 100 valence electrons. The van der Waals surface area contributed by atoms with Crippen LogP contribution in [-0.2, 0) is 0 Å². The Labute approximate surface area is 125 Å². The summed E-state index contributed by atoms with van der Waals surface area (Å²) in [7, 11) is 1.54. The molecule has 0 aliphatic carbocycles. The molecule has 0 spiro atoms. The highest BCUT2D eigenvalue weighted by atomic mass is 35.5. The summed E-state index contributed by atoms with van der Waals surface area (Å²) in [4.78, 5) is 11.5. The van der Waals surface area contributed by atoms with Gasteiger partial charge >= 0.3 is 0 Å². The lowest BCUT2D eigenvalue weighted by molar-refractivity contribution is 0.112. The van der Waals surface area contributed by atoms with Gasteiger partial charge in [0, 0.05) is 15.4 Å². The molecule has 3 aromatic rings. The maximum absolute atomic E-state index is 11.5. The highest BCUT2D eigenvalue weighted by Gasteiger charge is 2.15. The Morgan fingerprint density at radius 1 is 0.900 bits per heavy atom. The first-order valence-electron chi connectivity index (χ1n) is 5.99. The Kier molecular flexibility index (Phi) is 3.28. The van der Waals surface area contributed by atoms with Crippen LogP contribution in [0.15, 0.2) is 36.4 Å². The van der Waals surface area contributed by atoms with Crippen molar-refractivity contribution in [3.63, 3.8) is 0 Å². The van der Waals surface area contributed by atoms with Gasteiger partial charge in [-0.2, -0.15) is 0 Å². The summed E-state index contributed by atoms with van der Waals surface area (Å²) in [5.41, 5.74) is 0.486. The first-order valence-corrected chi connectivity index (χ1v) is 6.75. The van der Waals surface area contributed by atoms with Crippen molar-refractivity contribution in [2.45, 2.75) is 0 Å². The number of carbonyl (C=O) groups is 1. The van der Waals surface area contributed by atoms with E-state index >= 15 is 0 Å². The van der Waals surface area contributed by atoms with Gasteiger partial charge in [0.2, 0.25) is 0 Å². The van der Waals surface area contributed by atoms with Crippen LogP contribution < -0.4 is 4.74 Å². The van der Waals surface area contributed by atoms with E-state index in [0.717, 1.165) is 27.8 Å². The van der Waals surface area contributed by atoms with Gasteiger partial charge < -0.3 is 4.74 Å². The lowest BCUT2D eigenvalue weighted by atomic mass is 9.96. The molecule has 0 aromatic heterocycles. The van der Waals surface area contributed by atoms with E-state index in [1.165, 1.54) is 0 Å². The normalized spacial score (nSPS) is 10.9. The largest absolute Gasteiger partial charge is 0.495 e. The second-order valence-corrected chi connectivity index (χ2v) is 5.32. The first kappa shape index (κ1) is 13.2. The van der Waals surface area contributed by atoms with Crippen LogP contribution >= 0.6 is 23.2 Å². The zero-order valence-corrected chi connectivity index (χ0v) is 12.1. The van der Waals surface area contributed by atoms with E-state index in [9.17, 15) is 4.79 Å². The third-order valence-corrected chi connectivity index (χ3v) is 3.82. The molecule has 3 rings (SSSR count). The first-order chi connectivity index (χ1) is 9.65.